The maximum atomic E-state index is 11.0. The zero-order valence-corrected chi connectivity index (χ0v) is 10.8. The van der Waals surface area contributed by atoms with Crippen molar-refractivity contribution >= 4 is 25.2 Å². The number of ketones is 1. The number of carbonyl (C=O) groups is 1. The summed E-state index contributed by atoms with van der Waals surface area (Å²) in [4.78, 5) is 12.8. The SMILES string of the molecule is CC(=O)c1ccc(C#C[Si](C)(C)C)s1. The summed E-state index contributed by atoms with van der Waals surface area (Å²) < 4.78 is 0. The number of carbonyl (C=O) groups excluding carboxylic acids is 1. The number of hydrogen-bond donors (Lipinski definition) is 0. The van der Waals surface area contributed by atoms with Gasteiger partial charge >= 0.3 is 0 Å². The first kappa shape index (κ1) is 11.2. The highest BCUT2D eigenvalue weighted by molar-refractivity contribution is 7.14. The monoisotopic (exact) mass is 222 g/mol. The number of rotatable bonds is 1. The van der Waals surface area contributed by atoms with E-state index in [1.54, 1.807) is 6.92 Å². The third kappa shape index (κ3) is 3.49. The Kier molecular flexibility index (Phi) is 3.30. The Labute approximate surface area is 90.2 Å². The van der Waals surface area contributed by atoms with Crippen LogP contribution in [0.5, 0.6) is 0 Å². The Morgan fingerprint density at radius 2 is 2.00 bits per heavy atom. The van der Waals surface area contributed by atoms with Crippen LogP contribution in [0.1, 0.15) is 21.5 Å². The average molecular weight is 222 g/mol. The number of hydrogen-bond acceptors (Lipinski definition) is 2. The van der Waals surface area contributed by atoms with E-state index in [9.17, 15) is 4.79 Å². The van der Waals surface area contributed by atoms with Crippen LogP contribution in [0.15, 0.2) is 12.1 Å². The molecule has 0 amide bonds. The van der Waals surface area contributed by atoms with Crippen LogP contribution in [0.3, 0.4) is 0 Å². The molecule has 14 heavy (non-hydrogen) atoms. The largest absolute Gasteiger partial charge is 0.294 e. The molecule has 0 saturated heterocycles. The molecule has 74 valence electrons. The Bertz CT molecular complexity index is 401. The molecule has 0 fully saturated rings. The van der Waals surface area contributed by atoms with E-state index >= 15 is 0 Å². The maximum Gasteiger partial charge on any atom is 0.169 e. The summed E-state index contributed by atoms with van der Waals surface area (Å²) in [6.45, 7) is 8.21. The van der Waals surface area contributed by atoms with E-state index in [0.29, 0.717) is 0 Å². The van der Waals surface area contributed by atoms with E-state index in [2.05, 4.69) is 31.1 Å². The molecule has 0 aromatic carbocycles. The highest BCUT2D eigenvalue weighted by Gasteiger charge is 2.08. The molecule has 0 aliphatic carbocycles. The summed E-state index contributed by atoms with van der Waals surface area (Å²) >= 11 is 1.48. The van der Waals surface area contributed by atoms with Gasteiger partial charge in [0.2, 0.25) is 0 Å². The van der Waals surface area contributed by atoms with Crippen LogP contribution in [0.25, 0.3) is 0 Å². The van der Waals surface area contributed by atoms with Crippen LogP contribution in [-0.4, -0.2) is 13.9 Å². The average Bonchev–Trinajstić information content (AvgIpc) is 2.47. The molecule has 0 bridgehead atoms. The van der Waals surface area contributed by atoms with Crippen LogP contribution in [-0.2, 0) is 0 Å². The summed E-state index contributed by atoms with van der Waals surface area (Å²) in [6, 6.07) is 3.77. The molecule has 0 spiro atoms. The van der Waals surface area contributed by atoms with Gasteiger partial charge in [-0.05, 0) is 19.1 Å². The fourth-order valence-corrected chi connectivity index (χ4v) is 2.20. The van der Waals surface area contributed by atoms with E-state index < -0.39 is 8.07 Å². The topological polar surface area (TPSA) is 17.1 Å². The number of thiophene rings is 1. The van der Waals surface area contributed by atoms with E-state index in [-0.39, 0.29) is 5.78 Å². The quantitative estimate of drug-likeness (QED) is 0.405. The molecule has 3 heteroatoms. The minimum absolute atomic E-state index is 0.121. The van der Waals surface area contributed by atoms with Crippen molar-refractivity contribution in [1.82, 2.24) is 0 Å². The van der Waals surface area contributed by atoms with E-state index in [4.69, 9.17) is 0 Å². The summed E-state index contributed by atoms with van der Waals surface area (Å²) in [7, 11) is -1.30. The summed E-state index contributed by atoms with van der Waals surface area (Å²) in [6.07, 6.45) is 0. The van der Waals surface area contributed by atoms with Crippen molar-refractivity contribution in [3.63, 3.8) is 0 Å². The lowest BCUT2D eigenvalue weighted by Crippen LogP contribution is -2.16. The standard InChI is InChI=1S/C11H14OSSi/c1-9(12)11-6-5-10(13-11)7-8-14(2,3)4/h5-6H,1-4H3. The predicted octanol–water partition coefficient (Wildman–Crippen LogP) is 3.18. The molecular weight excluding hydrogens is 208 g/mol. The molecule has 1 rings (SSSR count). The van der Waals surface area contributed by atoms with Gasteiger partial charge in [0.05, 0.1) is 9.75 Å². The smallest absolute Gasteiger partial charge is 0.169 e. The predicted molar refractivity (Wildman–Crippen MR) is 64.5 cm³/mol. The molecular formula is C11H14OSSi. The number of Topliss-reactive ketones (excluding diaryl/α,β-unsaturated/α-hetero) is 1. The van der Waals surface area contributed by atoms with Gasteiger partial charge < -0.3 is 0 Å². The van der Waals surface area contributed by atoms with Gasteiger partial charge in [0.25, 0.3) is 0 Å². The molecule has 1 aromatic rings. The Morgan fingerprint density at radius 1 is 1.36 bits per heavy atom. The van der Waals surface area contributed by atoms with Gasteiger partial charge in [-0.3, -0.25) is 4.79 Å². The second-order valence-electron chi connectivity index (χ2n) is 4.22. The van der Waals surface area contributed by atoms with Gasteiger partial charge in [-0.25, -0.2) is 0 Å². The maximum absolute atomic E-state index is 11.0. The minimum Gasteiger partial charge on any atom is -0.294 e. The van der Waals surface area contributed by atoms with Gasteiger partial charge in [0.15, 0.2) is 5.78 Å². The van der Waals surface area contributed by atoms with Crippen LogP contribution in [0, 0.1) is 11.5 Å². The zero-order chi connectivity index (χ0) is 10.8. The van der Waals surface area contributed by atoms with Crippen molar-refractivity contribution in [2.75, 3.05) is 0 Å². The molecule has 0 atom stereocenters. The Balaban J connectivity index is 2.87. The molecule has 0 aliphatic heterocycles. The first-order valence-corrected chi connectivity index (χ1v) is 8.84. The van der Waals surface area contributed by atoms with Crippen molar-refractivity contribution in [3.05, 3.63) is 21.9 Å². The lowest BCUT2D eigenvalue weighted by atomic mass is 10.3. The van der Waals surface area contributed by atoms with Crippen LogP contribution in [0.4, 0.5) is 0 Å². The van der Waals surface area contributed by atoms with Crippen molar-refractivity contribution in [2.45, 2.75) is 26.6 Å². The minimum atomic E-state index is -1.30. The molecule has 0 saturated carbocycles. The van der Waals surface area contributed by atoms with Crippen molar-refractivity contribution in [3.8, 4) is 11.5 Å². The summed E-state index contributed by atoms with van der Waals surface area (Å²) in [5.41, 5.74) is 3.28. The molecule has 1 heterocycles. The van der Waals surface area contributed by atoms with Gasteiger partial charge in [-0.1, -0.05) is 25.6 Å². The third-order valence-electron chi connectivity index (χ3n) is 1.51. The van der Waals surface area contributed by atoms with Gasteiger partial charge in [0.1, 0.15) is 8.07 Å². The van der Waals surface area contributed by atoms with E-state index in [0.717, 1.165) is 9.75 Å². The second kappa shape index (κ2) is 4.12. The van der Waals surface area contributed by atoms with Crippen molar-refractivity contribution < 1.29 is 4.79 Å². The molecule has 0 N–H and O–H groups in total. The van der Waals surface area contributed by atoms with Crippen molar-refractivity contribution in [1.29, 1.82) is 0 Å². The van der Waals surface area contributed by atoms with Gasteiger partial charge in [-0.15, -0.1) is 16.9 Å². The summed E-state index contributed by atoms with van der Waals surface area (Å²) in [5.74, 6) is 3.26. The third-order valence-corrected chi connectivity index (χ3v) is 3.49. The lowest BCUT2D eigenvalue weighted by Gasteiger charge is -2.02. The van der Waals surface area contributed by atoms with Gasteiger partial charge in [-0.2, -0.15) is 0 Å². The summed E-state index contributed by atoms with van der Waals surface area (Å²) in [5, 5.41) is 0. The molecule has 0 unspecified atom stereocenters. The highest BCUT2D eigenvalue weighted by atomic mass is 32.1. The fraction of sp³-hybridized carbons (Fsp3) is 0.364. The second-order valence-corrected chi connectivity index (χ2v) is 10.1. The van der Waals surface area contributed by atoms with Crippen LogP contribution in [0.2, 0.25) is 19.6 Å². The zero-order valence-electron chi connectivity index (χ0n) is 8.97. The molecule has 1 nitrogen and oxygen atoms in total. The normalized spacial score (nSPS) is 10.6. The molecule has 0 aliphatic rings. The fourth-order valence-electron chi connectivity index (χ4n) is 0.843. The van der Waals surface area contributed by atoms with Gasteiger partial charge in [0, 0.05) is 0 Å². The van der Waals surface area contributed by atoms with Crippen molar-refractivity contribution in [2.24, 2.45) is 0 Å². The highest BCUT2D eigenvalue weighted by Crippen LogP contribution is 2.15. The van der Waals surface area contributed by atoms with E-state index in [1.165, 1.54) is 11.3 Å². The lowest BCUT2D eigenvalue weighted by molar-refractivity contribution is 0.102. The Hall–Kier alpha value is -0.853. The Morgan fingerprint density at radius 3 is 2.43 bits per heavy atom. The van der Waals surface area contributed by atoms with Crippen LogP contribution < -0.4 is 0 Å². The van der Waals surface area contributed by atoms with Crippen LogP contribution >= 0.6 is 11.3 Å². The first-order valence-electron chi connectivity index (χ1n) is 4.52. The first-order chi connectivity index (χ1) is 6.38. The molecule has 1 aromatic heterocycles. The molecule has 0 radical (unpaired) electrons. The van der Waals surface area contributed by atoms with E-state index in [1.807, 2.05) is 12.1 Å².